The van der Waals surface area contributed by atoms with Gasteiger partial charge in [-0.3, -0.25) is 0 Å². The van der Waals surface area contributed by atoms with Crippen LogP contribution in [0.2, 0.25) is 12.1 Å². The van der Waals surface area contributed by atoms with Gasteiger partial charge in [0.1, 0.15) is 0 Å². The third-order valence-corrected chi connectivity index (χ3v) is 2.87. The maximum absolute atomic E-state index is 2.39. The van der Waals surface area contributed by atoms with Crippen molar-refractivity contribution in [2.45, 2.75) is 52.6 Å². The summed E-state index contributed by atoms with van der Waals surface area (Å²) >= 11 is 9.54. The molecule has 0 aliphatic rings. The first-order chi connectivity index (χ1) is 6.74. The Bertz CT molecular complexity index is 42.7. The molecule has 0 heterocycles. The van der Waals surface area contributed by atoms with Gasteiger partial charge in [-0.15, -0.1) is 0 Å². The molecule has 0 N–H and O–H groups in total. The van der Waals surface area contributed by atoms with Crippen LogP contribution in [0.4, 0.5) is 0 Å². The number of halogens is 5. The molecule has 0 bridgehead atoms. The minimum absolute atomic E-state index is 0.422. The molecule has 0 radical (unpaired) electrons. The van der Waals surface area contributed by atoms with Gasteiger partial charge < -0.3 is 0 Å². The first-order valence-corrected chi connectivity index (χ1v) is 25.6. The SMILES string of the molecule is CCC.CCC[SiH2]CC.II.I[I-]I. The van der Waals surface area contributed by atoms with Crippen molar-refractivity contribution in [2.75, 3.05) is 0 Å². The molecule has 0 aromatic heterocycles. The molecule has 0 aliphatic heterocycles. The van der Waals surface area contributed by atoms with Gasteiger partial charge in [0.05, 0.1) is 0 Å². The fourth-order valence-corrected chi connectivity index (χ4v) is 1.50. The zero-order valence-corrected chi connectivity index (χ0v) is 21.6. The van der Waals surface area contributed by atoms with Crippen molar-refractivity contribution in [2.24, 2.45) is 0 Å². The van der Waals surface area contributed by atoms with Gasteiger partial charge in [-0.05, 0) is 0 Å². The van der Waals surface area contributed by atoms with Gasteiger partial charge in [0.25, 0.3) is 0 Å². The zero-order chi connectivity index (χ0) is 12.2. The standard InChI is InChI=1S/C5H14Si.C3H8.I3.I2/c1-3-5-6-4-2;2*1-3-2;1-2/h3-6H2,1-2H3;3H2,1-2H3;;/q;;-1;. The normalized spacial score (nSPS) is 8.00. The summed E-state index contributed by atoms with van der Waals surface area (Å²) in [5, 5.41) is 0. The summed E-state index contributed by atoms with van der Waals surface area (Å²) in [6, 6.07) is 3.05. The maximum atomic E-state index is 2.39. The van der Waals surface area contributed by atoms with E-state index in [1.807, 2.05) is 0 Å². The molecule has 0 saturated heterocycles. The molecule has 14 heavy (non-hydrogen) atoms. The Morgan fingerprint density at radius 1 is 1.00 bits per heavy atom. The van der Waals surface area contributed by atoms with Crippen molar-refractivity contribution in [3.05, 3.63) is 0 Å². The summed E-state index contributed by atoms with van der Waals surface area (Å²) < 4.78 is 0. The van der Waals surface area contributed by atoms with E-state index in [-0.39, 0.29) is 0 Å². The van der Waals surface area contributed by atoms with Crippen LogP contribution < -0.4 is 13.3 Å². The van der Waals surface area contributed by atoms with Gasteiger partial charge in [0.2, 0.25) is 0 Å². The Morgan fingerprint density at radius 3 is 1.36 bits per heavy atom. The monoisotopic (exact) mass is 781 g/mol. The Labute approximate surface area is 146 Å². The molecule has 0 nitrogen and oxygen atoms in total. The van der Waals surface area contributed by atoms with Crippen LogP contribution in [-0.4, -0.2) is 9.52 Å². The van der Waals surface area contributed by atoms with E-state index in [1.54, 1.807) is 6.04 Å². The summed E-state index contributed by atoms with van der Waals surface area (Å²) in [7, 11) is 0.422. The van der Waals surface area contributed by atoms with Crippen molar-refractivity contribution in [3.8, 4) is 0 Å². The minimum atomic E-state index is 0.422. The van der Waals surface area contributed by atoms with Gasteiger partial charge in [-0.25, -0.2) is 0 Å². The first-order valence-electron chi connectivity index (χ1n) is 4.76. The fraction of sp³-hybridized carbons (Fsp3) is 1.00. The van der Waals surface area contributed by atoms with Crippen molar-refractivity contribution in [1.29, 1.82) is 0 Å². The molecule has 0 aromatic carbocycles. The van der Waals surface area contributed by atoms with Crippen LogP contribution in [-0.2, 0) is 0 Å². The molecule has 0 spiro atoms. The molecule has 0 unspecified atom stereocenters. The van der Waals surface area contributed by atoms with Crippen molar-refractivity contribution in [1.82, 2.24) is 0 Å². The van der Waals surface area contributed by atoms with Crippen LogP contribution in [0.1, 0.15) is 40.5 Å². The summed E-state index contributed by atoms with van der Waals surface area (Å²) in [5.74, 6) is 0. The second kappa shape index (κ2) is 43.6. The number of hydrogen-bond donors (Lipinski definition) is 0. The molecular weight excluding hydrogens is 759 g/mol. The zero-order valence-electron chi connectivity index (χ0n) is 9.43. The molecule has 0 aliphatic carbocycles. The predicted octanol–water partition coefficient (Wildman–Crippen LogP) is 3.38. The third kappa shape index (κ3) is 74.4. The quantitative estimate of drug-likeness (QED) is 0.235. The third-order valence-electron chi connectivity index (χ3n) is 0.957. The van der Waals surface area contributed by atoms with E-state index in [2.05, 4.69) is 102 Å². The predicted molar refractivity (Wildman–Crippen MR) is 106 cm³/mol. The van der Waals surface area contributed by atoms with Gasteiger partial charge in [0, 0.05) is 46.8 Å². The van der Waals surface area contributed by atoms with Crippen LogP contribution in [0.15, 0.2) is 0 Å². The van der Waals surface area contributed by atoms with E-state index in [4.69, 9.17) is 0 Å². The van der Waals surface area contributed by atoms with Crippen LogP contribution in [0.5, 0.6) is 0 Å². The summed E-state index contributed by atoms with van der Waals surface area (Å²) in [6.07, 6.45) is 2.67. The molecule has 0 fully saturated rings. The van der Waals surface area contributed by atoms with Crippen LogP contribution in [0.3, 0.4) is 0 Å². The molecule has 0 atom stereocenters. The topological polar surface area (TPSA) is 0 Å². The van der Waals surface area contributed by atoms with E-state index in [1.165, 1.54) is 18.9 Å². The summed E-state index contributed by atoms with van der Waals surface area (Å²) in [5.41, 5.74) is 0. The second-order valence-electron chi connectivity index (χ2n) is 2.47. The average molecular weight is 781 g/mol. The average Bonchev–Trinajstić information content (AvgIpc) is 2.20. The Morgan fingerprint density at radius 2 is 1.29 bits per heavy atom. The van der Waals surface area contributed by atoms with Crippen LogP contribution in [0, 0.1) is 0 Å². The van der Waals surface area contributed by atoms with Crippen LogP contribution in [0.25, 0.3) is 0 Å². The van der Waals surface area contributed by atoms with Crippen molar-refractivity contribution < 1.29 is 13.3 Å². The van der Waals surface area contributed by atoms with Crippen molar-refractivity contribution in [3.63, 3.8) is 0 Å². The molecule has 6 heteroatoms. The van der Waals surface area contributed by atoms with Crippen molar-refractivity contribution >= 4 is 84.0 Å². The molecule has 94 valence electrons. The van der Waals surface area contributed by atoms with E-state index >= 15 is 0 Å². The van der Waals surface area contributed by atoms with Gasteiger partial charge in [0.15, 0.2) is 0 Å². The van der Waals surface area contributed by atoms with E-state index in [9.17, 15) is 0 Å². The van der Waals surface area contributed by atoms with Crippen LogP contribution >= 0.6 is 74.5 Å². The second-order valence-corrected chi connectivity index (χ2v) is 21.1. The fourth-order valence-electron chi connectivity index (χ4n) is 0.500. The Balaban J connectivity index is -0.0000000536. The Kier molecular flexibility index (Phi) is 82.4. The molecular formula is C8H22I5Si-. The molecule has 0 rings (SSSR count). The van der Waals surface area contributed by atoms with E-state index in [0.29, 0.717) is 22.8 Å². The molecule has 0 aromatic rings. The molecule has 0 saturated carbocycles. The van der Waals surface area contributed by atoms with E-state index in [0.717, 1.165) is 0 Å². The Hall–Kier alpha value is 3.87. The van der Waals surface area contributed by atoms with Gasteiger partial charge >= 0.3 is 50.5 Å². The molecule has 0 amide bonds. The number of hydrogen-bond acceptors (Lipinski definition) is 0. The summed E-state index contributed by atoms with van der Waals surface area (Å²) in [4.78, 5) is 0. The van der Waals surface area contributed by atoms with Gasteiger partial charge in [-0.1, -0.05) is 52.6 Å². The first kappa shape index (κ1) is 26.4. The van der Waals surface area contributed by atoms with E-state index < -0.39 is 0 Å². The number of rotatable bonds is 3. The van der Waals surface area contributed by atoms with Gasteiger partial charge in [-0.2, -0.15) is 0 Å². The summed E-state index contributed by atoms with van der Waals surface area (Å²) in [6.45, 7) is 8.81.